The standard InChI is InChI=1S/C64H53N3O2/c1-32-16-12-17-33(2)51(32)40-24-43(53-36(5)20-14-21-37(53)6)57-49(26-40)68-62-59(57)55-45-28-42(64(9,10)11)29-46-56-48(67(61(45)46)47(55)30-65-62)31-66-63-60(56)58-44(54-38(7)22-15-23-39(54)8)25-41(27-50(58)69-63)52-34(3)18-13-19-35(52)4/h12-31H,1-11H3. The van der Waals surface area contributed by atoms with Crippen LogP contribution in [0.1, 0.15) is 70.8 Å². The van der Waals surface area contributed by atoms with E-state index in [1.54, 1.807) is 0 Å². The van der Waals surface area contributed by atoms with Crippen LogP contribution in [0.4, 0.5) is 0 Å². The molecule has 13 rings (SSSR count). The number of aryl methyl sites for hydroxylation is 8. The molecule has 0 bridgehead atoms. The molecule has 0 aliphatic carbocycles. The van der Waals surface area contributed by atoms with Crippen molar-refractivity contribution >= 4 is 82.2 Å². The average Bonchev–Trinajstić information content (AvgIpc) is 4.05. The van der Waals surface area contributed by atoms with Crippen molar-refractivity contribution in [1.82, 2.24) is 14.4 Å². The molecule has 0 aliphatic heterocycles. The van der Waals surface area contributed by atoms with Crippen LogP contribution in [-0.4, -0.2) is 14.4 Å². The molecule has 0 spiro atoms. The van der Waals surface area contributed by atoms with E-state index in [9.17, 15) is 0 Å². The van der Waals surface area contributed by atoms with Crippen molar-refractivity contribution in [2.75, 3.05) is 0 Å². The Kier molecular flexibility index (Phi) is 8.64. The molecule has 0 saturated heterocycles. The topological polar surface area (TPSA) is 56.5 Å². The zero-order chi connectivity index (χ0) is 47.5. The first-order valence-corrected chi connectivity index (χ1v) is 24.2. The molecule has 6 heterocycles. The summed E-state index contributed by atoms with van der Waals surface area (Å²) in [5.41, 5.74) is 26.6. The number of hydrogen-bond acceptors (Lipinski definition) is 4. The summed E-state index contributed by atoms with van der Waals surface area (Å²) in [6.45, 7) is 24.7. The van der Waals surface area contributed by atoms with Gasteiger partial charge in [-0.1, -0.05) is 93.6 Å². The maximum atomic E-state index is 7.00. The van der Waals surface area contributed by atoms with Gasteiger partial charge in [0.15, 0.2) is 0 Å². The lowest BCUT2D eigenvalue weighted by Crippen LogP contribution is -2.10. The molecule has 5 nitrogen and oxygen atoms in total. The van der Waals surface area contributed by atoms with Crippen LogP contribution in [0.15, 0.2) is 130 Å². The molecule has 0 fully saturated rings. The van der Waals surface area contributed by atoms with Crippen molar-refractivity contribution in [3.8, 4) is 44.5 Å². The smallest absolute Gasteiger partial charge is 0.228 e. The number of benzene rings is 7. The summed E-state index contributed by atoms with van der Waals surface area (Å²) in [4.78, 5) is 10.5. The third kappa shape index (κ3) is 5.77. The summed E-state index contributed by atoms with van der Waals surface area (Å²) in [5.74, 6) is 0. The van der Waals surface area contributed by atoms with Crippen LogP contribution in [0.25, 0.3) is 127 Å². The number of rotatable bonds is 4. The van der Waals surface area contributed by atoms with E-state index in [4.69, 9.17) is 18.8 Å². The summed E-state index contributed by atoms with van der Waals surface area (Å²) < 4.78 is 16.4. The van der Waals surface area contributed by atoms with Gasteiger partial charge in [0.2, 0.25) is 11.4 Å². The Hall–Kier alpha value is -7.76. The summed E-state index contributed by atoms with van der Waals surface area (Å²) in [7, 11) is 0. The minimum absolute atomic E-state index is 0.162. The SMILES string of the molecule is Cc1cccc(C)c1-c1cc(-c2c(C)cccc2C)c2c(c1)oc1ncc3c(c4cc(C(C)(C)C)cc5c6c7c(ncc6n3c45)oc3cc(-c4c(C)cccc4C)cc(-c4c(C)cccc4C)c37)c12. The number of furan rings is 2. The average molecular weight is 896 g/mol. The molecule has 0 aliphatic rings. The van der Waals surface area contributed by atoms with Gasteiger partial charge in [-0.3, -0.25) is 0 Å². The van der Waals surface area contributed by atoms with Gasteiger partial charge in [0.05, 0.1) is 39.7 Å². The first kappa shape index (κ1) is 41.4. The fraction of sp³-hybridized carbons (Fsp3) is 0.188. The predicted octanol–water partition coefficient (Wildman–Crippen LogP) is 17.9. The Balaban J connectivity index is 1.21. The lowest BCUT2D eigenvalue weighted by molar-refractivity contribution is 0.592. The molecule has 0 amide bonds. The molecular weight excluding hydrogens is 843 g/mol. The first-order valence-electron chi connectivity index (χ1n) is 24.2. The van der Waals surface area contributed by atoms with Crippen molar-refractivity contribution in [1.29, 1.82) is 0 Å². The Morgan fingerprint density at radius 1 is 0.406 bits per heavy atom. The highest BCUT2D eigenvalue weighted by molar-refractivity contribution is 6.37. The van der Waals surface area contributed by atoms with Gasteiger partial charge < -0.3 is 13.2 Å². The minimum Gasteiger partial charge on any atom is -0.438 e. The van der Waals surface area contributed by atoms with E-state index >= 15 is 0 Å². The molecule has 6 aromatic heterocycles. The van der Waals surface area contributed by atoms with Crippen LogP contribution >= 0.6 is 0 Å². The van der Waals surface area contributed by atoms with Gasteiger partial charge in [0, 0.05) is 32.3 Å². The van der Waals surface area contributed by atoms with Crippen molar-refractivity contribution in [2.45, 2.75) is 81.6 Å². The fourth-order valence-electron chi connectivity index (χ4n) is 12.3. The van der Waals surface area contributed by atoms with Crippen LogP contribution in [0.3, 0.4) is 0 Å². The lowest BCUT2D eigenvalue weighted by atomic mass is 9.84. The van der Waals surface area contributed by atoms with Gasteiger partial charge in [-0.15, -0.1) is 0 Å². The second-order valence-corrected chi connectivity index (χ2v) is 21.0. The lowest BCUT2D eigenvalue weighted by Gasteiger charge is -2.19. The third-order valence-electron chi connectivity index (χ3n) is 15.4. The molecule has 0 radical (unpaired) electrons. The number of aromatic nitrogens is 3. The molecule has 13 aromatic rings. The van der Waals surface area contributed by atoms with E-state index < -0.39 is 0 Å². The van der Waals surface area contributed by atoms with E-state index in [0.29, 0.717) is 11.4 Å². The summed E-state index contributed by atoms with van der Waals surface area (Å²) in [6, 6.07) is 40.5. The van der Waals surface area contributed by atoms with E-state index in [-0.39, 0.29) is 5.41 Å². The molecule has 0 saturated carbocycles. The molecule has 0 unspecified atom stereocenters. The number of nitrogens with zero attached hydrogens (tertiary/aromatic N) is 3. The molecule has 5 heteroatoms. The normalized spacial score (nSPS) is 12.6. The van der Waals surface area contributed by atoms with E-state index in [1.165, 1.54) is 83.1 Å². The predicted molar refractivity (Wildman–Crippen MR) is 290 cm³/mol. The summed E-state index contributed by atoms with van der Waals surface area (Å²) in [6.07, 6.45) is 4.05. The van der Waals surface area contributed by atoms with Crippen LogP contribution < -0.4 is 0 Å². The maximum absolute atomic E-state index is 7.00. The highest BCUT2D eigenvalue weighted by atomic mass is 16.3. The van der Waals surface area contributed by atoms with Crippen molar-refractivity contribution in [3.63, 3.8) is 0 Å². The second-order valence-electron chi connectivity index (χ2n) is 21.0. The number of fused-ring (bicyclic) bond motifs is 14. The Labute approximate surface area is 401 Å². The Morgan fingerprint density at radius 2 is 0.754 bits per heavy atom. The van der Waals surface area contributed by atoms with Crippen LogP contribution in [-0.2, 0) is 5.41 Å². The van der Waals surface area contributed by atoms with Gasteiger partial charge in [0.1, 0.15) is 11.2 Å². The van der Waals surface area contributed by atoms with Crippen LogP contribution in [0.2, 0.25) is 0 Å². The zero-order valence-corrected chi connectivity index (χ0v) is 41.2. The van der Waals surface area contributed by atoms with Gasteiger partial charge in [-0.2, -0.15) is 0 Å². The van der Waals surface area contributed by atoms with Crippen LogP contribution in [0.5, 0.6) is 0 Å². The second kappa shape index (κ2) is 14.4. The first-order chi connectivity index (χ1) is 33.2. The molecule has 336 valence electrons. The highest BCUT2D eigenvalue weighted by Crippen LogP contribution is 2.52. The van der Waals surface area contributed by atoms with E-state index in [1.807, 2.05) is 12.4 Å². The fourth-order valence-corrected chi connectivity index (χ4v) is 12.3. The van der Waals surface area contributed by atoms with Gasteiger partial charge in [-0.05, 0) is 192 Å². The van der Waals surface area contributed by atoms with Gasteiger partial charge >= 0.3 is 0 Å². The largest absolute Gasteiger partial charge is 0.438 e. The minimum atomic E-state index is -0.162. The van der Waals surface area contributed by atoms with Crippen molar-refractivity contribution < 1.29 is 8.83 Å². The molecule has 0 N–H and O–H groups in total. The Bertz CT molecular complexity index is 4030. The maximum Gasteiger partial charge on any atom is 0.228 e. The quantitative estimate of drug-likeness (QED) is 0.177. The van der Waals surface area contributed by atoms with E-state index in [2.05, 4.69) is 190 Å². The monoisotopic (exact) mass is 895 g/mol. The molecule has 7 aromatic carbocycles. The van der Waals surface area contributed by atoms with Crippen molar-refractivity contribution in [3.05, 3.63) is 172 Å². The van der Waals surface area contributed by atoms with Gasteiger partial charge in [-0.25, -0.2) is 9.97 Å². The molecular formula is C64H53N3O2. The third-order valence-corrected chi connectivity index (χ3v) is 15.4. The van der Waals surface area contributed by atoms with Gasteiger partial charge in [0.25, 0.3) is 0 Å². The highest BCUT2D eigenvalue weighted by Gasteiger charge is 2.30. The zero-order valence-electron chi connectivity index (χ0n) is 41.2. The number of pyridine rings is 2. The van der Waals surface area contributed by atoms with Crippen molar-refractivity contribution in [2.24, 2.45) is 0 Å². The Morgan fingerprint density at radius 3 is 1.10 bits per heavy atom. The summed E-state index contributed by atoms with van der Waals surface area (Å²) >= 11 is 0. The molecule has 69 heavy (non-hydrogen) atoms. The van der Waals surface area contributed by atoms with E-state index in [0.717, 1.165) is 82.3 Å². The summed E-state index contributed by atoms with van der Waals surface area (Å²) in [5, 5.41) is 8.90. The number of hydrogen-bond donors (Lipinski definition) is 0. The molecule has 0 atom stereocenters. The van der Waals surface area contributed by atoms with Crippen LogP contribution in [0, 0.1) is 55.4 Å².